The number of likely N-dealkylation sites (N-methyl/N-ethyl adjacent to an activating group) is 1. The first-order chi connectivity index (χ1) is 24.8. The van der Waals surface area contributed by atoms with Crippen molar-refractivity contribution >= 4 is 19.8 Å². The number of unbranched alkanes of at least 4 members (excludes halogenated alkanes) is 21. The summed E-state index contributed by atoms with van der Waals surface area (Å²) in [6.07, 6.45) is 37.8. The van der Waals surface area contributed by atoms with Gasteiger partial charge in [0.15, 0.2) is 6.10 Å². The summed E-state index contributed by atoms with van der Waals surface area (Å²) in [5, 5.41) is 2.82. The highest BCUT2D eigenvalue weighted by atomic mass is 31.2. The van der Waals surface area contributed by atoms with Crippen molar-refractivity contribution in [3.8, 4) is 0 Å². The second-order valence-corrected chi connectivity index (χ2v) is 15.3. The van der Waals surface area contributed by atoms with Crippen molar-refractivity contribution in [1.29, 1.82) is 0 Å². The van der Waals surface area contributed by atoms with Crippen molar-refractivity contribution in [1.82, 2.24) is 5.32 Å². The molecule has 0 saturated heterocycles. The lowest BCUT2D eigenvalue weighted by Crippen LogP contribution is -2.29. The zero-order chi connectivity index (χ0) is 37.5. The number of ether oxygens (including phenoxy) is 2. The molecule has 0 amide bonds. The van der Waals surface area contributed by atoms with Crippen LogP contribution in [0.15, 0.2) is 24.3 Å². The highest BCUT2D eigenvalue weighted by Crippen LogP contribution is 2.43. The Bertz CT molecular complexity index is 897. The summed E-state index contributed by atoms with van der Waals surface area (Å²) >= 11 is 0. The monoisotopic (exact) mass is 744 g/mol. The quantitative estimate of drug-likeness (QED) is 0.0274. The molecule has 0 aliphatic rings. The number of nitrogens with one attached hydrogen (secondary N) is 1. The molecule has 51 heavy (non-hydrogen) atoms. The summed E-state index contributed by atoms with van der Waals surface area (Å²) in [6, 6.07) is 0. The summed E-state index contributed by atoms with van der Waals surface area (Å²) in [7, 11) is -2.65. The number of carbonyl (C=O) groups excluding carboxylic acids is 2. The summed E-state index contributed by atoms with van der Waals surface area (Å²) < 4.78 is 33.1. The van der Waals surface area contributed by atoms with E-state index in [0.717, 1.165) is 51.4 Å². The molecule has 0 aromatic heterocycles. The smallest absolute Gasteiger partial charge is 0.462 e. The van der Waals surface area contributed by atoms with Crippen LogP contribution >= 0.6 is 7.82 Å². The SMILES string of the molecule is CCCCC/C=C\C/C=C\CCCCCCCCCC(=O)OC(COC(=O)CCCCCCCCCCCCCC)COP(=O)(O)OCCNC. The summed E-state index contributed by atoms with van der Waals surface area (Å²) in [5.74, 6) is -0.811. The molecule has 0 heterocycles. The van der Waals surface area contributed by atoms with Crippen LogP contribution in [-0.4, -0.2) is 56.3 Å². The molecule has 0 aromatic carbocycles. The third kappa shape index (κ3) is 38.0. The van der Waals surface area contributed by atoms with Crippen LogP contribution in [0.4, 0.5) is 0 Å². The van der Waals surface area contributed by atoms with Gasteiger partial charge in [0.1, 0.15) is 6.61 Å². The van der Waals surface area contributed by atoms with E-state index in [9.17, 15) is 19.0 Å². The van der Waals surface area contributed by atoms with Gasteiger partial charge in [-0.15, -0.1) is 0 Å². The minimum absolute atomic E-state index is 0.0169. The highest BCUT2D eigenvalue weighted by molar-refractivity contribution is 7.47. The van der Waals surface area contributed by atoms with Crippen molar-refractivity contribution in [3.63, 3.8) is 0 Å². The van der Waals surface area contributed by atoms with Gasteiger partial charge in [-0.05, 0) is 52.0 Å². The van der Waals surface area contributed by atoms with E-state index >= 15 is 0 Å². The van der Waals surface area contributed by atoms with Crippen LogP contribution in [0.5, 0.6) is 0 Å². The van der Waals surface area contributed by atoms with Gasteiger partial charge in [0.2, 0.25) is 0 Å². The molecule has 0 spiro atoms. The molecule has 0 aliphatic heterocycles. The van der Waals surface area contributed by atoms with Gasteiger partial charge in [-0.25, -0.2) is 4.57 Å². The molecular formula is C41H78NO8P. The molecule has 0 rings (SSSR count). The minimum Gasteiger partial charge on any atom is -0.462 e. The van der Waals surface area contributed by atoms with Crippen molar-refractivity contribution in [3.05, 3.63) is 24.3 Å². The zero-order valence-electron chi connectivity index (χ0n) is 33.1. The fraction of sp³-hybridized carbons (Fsp3) is 0.854. The number of phosphoric acid groups is 1. The number of esters is 2. The van der Waals surface area contributed by atoms with Crippen LogP contribution in [0.25, 0.3) is 0 Å². The van der Waals surface area contributed by atoms with Gasteiger partial charge in [-0.3, -0.25) is 18.6 Å². The van der Waals surface area contributed by atoms with Gasteiger partial charge in [-0.1, -0.05) is 154 Å². The Balaban J connectivity index is 4.24. The Morgan fingerprint density at radius 3 is 1.59 bits per heavy atom. The standard InChI is InChI=1S/C41H78NO8P/c1-4-6-8-10-12-14-16-18-19-20-21-22-24-26-28-30-32-34-41(44)50-39(38-49-51(45,46)48-36-35-42-3)37-47-40(43)33-31-29-27-25-23-17-15-13-11-9-7-5-2/h12,14,18-19,39,42H,4-11,13,15-17,20-38H2,1-3H3,(H,45,46)/b14-12-,19-18-. The Labute approximate surface area is 313 Å². The van der Waals surface area contributed by atoms with E-state index in [2.05, 4.69) is 43.5 Å². The molecular weight excluding hydrogens is 665 g/mol. The molecule has 2 unspecified atom stereocenters. The lowest BCUT2D eigenvalue weighted by Gasteiger charge is -2.20. The zero-order valence-corrected chi connectivity index (χ0v) is 34.0. The fourth-order valence-corrected chi connectivity index (χ4v) is 6.39. The van der Waals surface area contributed by atoms with Crippen LogP contribution in [0.2, 0.25) is 0 Å². The molecule has 0 bridgehead atoms. The van der Waals surface area contributed by atoms with E-state index in [0.29, 0.717) is 13.0 Å². The second kappa shape index (κ2) is 38.2. The van der Waals surface area contributed by atoms with Gasteiger partial charge in [0.05, 0.1) is 13.2 Å². The van der Waals surface area contributed by atoms with E-state index in [4.69, 9.17) is 18.5 Å². The van der Waals surface area contributed by atoms with Gasteiger partial charge in [0, 0.05) is 19.4 Å². The van der Waals surface area contributed by atoms with Crippen molar-refractivity contribution in [2.45, 2.75) is 193 Å². The Hall–Kier alpha value is -1.51. The predicted octanol–water partition coefficient (Wildman–Crippen LogP) is 11.5. The van der Waals surface area contributed by atoms with E-state index in [1.165, 1.54) is 103 Å². The predicted molar refractivity (Wildman–Crippen MR) is 211 cm³/mol. The number of carbonyl (C=O) groups is 2. The average molecular weight is 744 g/mol. The Morgan fingerprint density at radius 1 is 0.608 bits per heavy atom. The van der Waals surface area contributed by atoms with Crippen LogP contribution in [0.1, 0.15) is 187 Å². The first kappa shape index (κ1) is 49.5. The van der Waals surface area contributed by atoms with Crippen LogP contribution < -0.4 is 5.32 Å². The second-order valence-electron chi connectivity index (χ2n) is 13.8. The van der Waals surface area contributed by atoms with Crippen molar-refractivity contribution < 1.29 is 37.6 Å². The molecule has 10 heteroatoms. The van der Waals surface area contributed by atoms with Crippen LogP contribution in [0.3, 0.4) is 0 Å². The maximum Gasteiger partial charge on any atom is 0.472 e. The molecule has 2 N–H and O–H groups in total. The molecule has 9 nitrogen and oxygen atoms in total. The normalized spacial score (nSPS) is 13.6. The molecule has 0 aromatic rings. The first-order valence-corrected chi connectivity index (χ1v) is 22.3. The van der Waals surface area contributed by atoms with Gasteiger partial charge < -0.3 is 19.7 Å². The van der Waals surface area contributed by atoms with E-state index in [1.54, 1.807) is 7.05 Å². The summed E-state index contributed by atoms with van der Waals surface area (Å²) in [6.45, 7) is 4.19. The van der Waals surface area contributed by atoms with Gasteiger partial charge in [0.25, 0.3) is 0 Å². The Kier molecular flexibility index (Phi) is 37.1. The number of allylic oxidation sites excluding steroid dienone is 4. The van der Waals surface area contributed by atoms with E-state index < -0.39 is 26.5 Å². The minimum atomic E-state index is -4.34. The lowest BCUT2D eigenvalue weighted by molar-refractivity contribution is -0.161. The largest absolute Gasteiger partial charge is 0.472 e. The Morgan fingerprint density at radius 2 is 1.06 bits per heavy atom. The maximum atomic E-state index is 12.6. The van der Waals surface area contributed by atoms with E-state index in [1.807, 2.05) is 0 Å². The summed E-state index contributed by atoms with van der Waals surface area (Å²) in [5.41, 5.74) is 0. The third-order valence-electron chi connectivity index (χ3n) is 8.82. The number of hydrogen-bond donors (Lipinski definition) is 2. The number of phosphoric ester groups is 1. The van der Waals surface area contributed by atoms with Crippen molar-refractivity contribution in [2.75, 3.05) is 33.4 Å². The topological polar surface area (TPSA) is 120 Å². The molecule has 2 atom stereocenters. The maximum absolute atomic E-state index is 12.6. The van der Waals surface area contributed by atoms with E-state index in [-0.39, 0.29) is 32.0 Å². The molecule has 0 fully saturated rings. The average Bonchev–Trinajstić information content (AvgIpc) is 3.11. The highest BCUT2D eigenvalue weighted by Gasteiger charge is 2.26. The number of hydrogen-bond acceptors (Lipinski definition) is 8. The van der Waals surface area contributed by atoms with Gasteiger partial charge in [-0.2, -0.15) is 0 Å². The molecule has 0 saturated carbocycles. The molecule has 300 valence electrons. The lowest BCUT2D eigenvalue weighted by atomic mass is 10.0. The number of rotatable bonds is 39. The molecule has 0 aliphatic carbocycles. The van der Waals surface area contributed by atoms with Crippen LogP contribution in [0, 0.1) is 0 Å². The first-order valence-electron chi connectivity index (χ1n) is 20.8. The van der Waals surface area contributed by atoms with Crippen molar-refractivity contribution in [2.24, 2.45) is 0 Å². The van der Waals surface area contributed by atoms with Crippen LogP contribution in [-0.2, 0) is 32.7 Å². The fourth-order valence-electron chi connectivity index (χ4n) is 5.64. The summed E-state index contributed by atoms with van der Waals surface area (Å²) in [4.78, 5) is 35.0. The third-order valence-corrected chi connectivity index (χ3v) is 9.81. The molecule has 0 radical (unpaired) electrons. The van der Waals surface area contributed by atoms with Gasteiger partial charge >= 0.3 is 19.8 Å².